The Balaban J connectivity index is 1.75. The first-order chi connectivity index (χ1) is 7.76. The lowest BCUT2D eigenvalue weighted by Gasteiger charge is -2.21. The molecule has 16 heavy (non-hydrogen) atoms. The third-order valence-corrected chi connectivity index (χ3v) is 3.35. The number of aliphatic hydroxyl groups is 1. The summed E-state index contributed by atoms with van der Waals surface area (Å²) in [5.41, 5.74) is 0.304. The average molecular weight is 219 g/mol. The topological polar surface area (TPSA) is 41.5 Å². The highest BCUT2D eigenvalue weighted by molar-refractivity contribution is 5.32. The zero-order valence-electron chi connectivity index (χ0n) is 9.28. The highest BCUT2D eigenvalue weighted by atomic mass is 16.5. The second-order valence-corrected chi connectivity index (χ2v) is 4.80. The van der Waals surface area contributed by atoms with E-state index in [0.717, 1.165) is 24.3 Å². The Morgan fingerprint density at radius 3 is 2.56 bits per heavy atom. The Kier molecular flexibility index (Phi) is 2.37. The molecule has 0 radical (unpaired) electrons. The molecule has 0 amide bonds. The van der Waals surface area contributed by atoms with E-state index in [-0.39, 0.29) is 0 Å². The van der Waals surface area contributed by atoms with Gasteiger partial charge in [-0.05, 0) is 43.5 Å². The van der Waals surface area contributed by atoms with E-state index in [1.54, 1.807) is 0 Å². The van der Waals surface area contributed by atoms with E-state index in [4.69, 9.17) is 4.74 Å². The third-order valence-electron chi connectivity index (χ3n) is 3.35. The van der Waals surface area contributed by atoms with Crippen LogP contribution < -0.4 is 10.1 Å². The highest BCUT2D eigenvalue weighted by Crippen LogP contribution is 2.31. The lowest BCUT2D eigenvalue weighted by atomic mass is 9.93. The Bertz CT molecular complexity index is 364. The predicted octanol–water partition coefficient (Wildman–Crippen LogP) is 1.41. The van der Waals surface area contributed by atoms with Gasteiger partial charge in [0, 0.05) is 6.54 Å². The van der Waals surface area contributed by atoms with Crippen molar-refractivity contribution in [3.63, 3.8) is 0 Å². The second-order valence-electron chi connectivity index (χ2n) is 4.80. The third kappa shape index (κ3) is 1.93. The van der Waals surface area contributed by atoms with Gasteiger partial charge in [-0.25, -0.2) is 0 Å². The van der Waals surface area contributed by atoms with Crippen LogP contribution in [-0.2, 0) is 5.60 Å². The maximum absolute atomic E-state index is 10.3. The molecule has 0 bridgehead atoms. The molecular weight excluding hydrogens is 202 g/mol. The van der Waals surface area contributed by atoms with Crippen LogP contribution in [0, 0.1) is 0 Å². The van der Waals surface area contributed by atoms with Crippen molar-refractivity contribution in [2.24, 2.45) is 0 Å². The van der Waals surface area contributed by atoms with Crippen molar-refractivity contribution < 1.29 is 9.84 Å². The molecule has 2 aliphatic rings. The molecule has 3 heteroatoms. The van der Waals surface area contributed by atoms with E-state index in [0.29, 0.717) is 12.6 Å². The van der Waals surface area contributed by atoms with E-state index in [2.05, 4.69) is 5.32 Å². The summed E-state index contributed by atoms with van der Waals surface area (Å²) >= 11 is 0. The normalized spacial score (nSPS) is 29.3. The predicted molar refractivity (Wildman–Crippen MR) is 61.5 cm³/mol. The van der Waals surface area contributed by atoms with Gasteiger partial charge in [0.25, 0.3) is 0 Å². The molecule has 3 nitrogen and oxygen atoms in total. The van der Waals surface area contributed by atoms with E-state index in [9.17, 15) is 5.11 Å². The van der Waals surface area contributed by atoms with Gasteiger partial charge >= 0.3 is 0 Å². The van der Waals surface area contributed by atoms with Gasteiger partial charge in [0.1, 0.15) is 11.4 Å². The van der Waals surface area contributed by atoms with Crippen LogP contribution in [0.4, 0.5) is 0 Å². The monoisotopic (exact) mass is 219 g/mol. The number of β-amino-alcohol motifs (C(OH)–C–C–N with tert-alkyl or cyclic N) is 1. The van der Waals surface area contributed by atoms with Gasteiger partial charge in [0.05, 0.1) is 6.10 Å². The fraction of sp³-hybridized carbons (Fsp3) is 0.538. The molecule has 1 unspecified atom stereocenters. The van der Waals surface area contributed by atoms with Crippen molar-refractivity contribution in [3.8, 4) is 5.75 Å². The summed E-state index contributed by atoms with van der Waals surface area (Å²) in [6, 6.07) is 7.88. The molecule has 86 valence electrons. The molecule has 2 N–H and O–H groups in total. The lowest BCUT2D eigenvalue weighted by Crippen LogP contribution is -2.28. The Morgan fingerprint density at radius 1 is 1.25 bits per heavy atom. The number of rotatable bonds is 3. The summed E-state index contributed by atoms with van der Waals surface area (Å²) in [5.74, 6) is 0.917. The molecule has 3 rings (SSSR count). The molecule has 1 saturated heterocycles. The second kappa shape index (κ2) is 3.75. The number of ether oxygens (including phenoxy) is 1. The Hall–Kier alpha value is -1.06. The average Bonchev–Trinajstić information content (AvgIpc) is 3.00. The smallest absolute Gasteiger partial charge is 0.119 e. The first kappa shape index (κ1) is 10.1. The van der Waals surface area contributed by atoms with Crippen LogP contribution in [0.1, 0.15) is 24.8 Å². The van der Waals surface area contributed by atoms with Crippen LogP contribution >= 0.6 is 0 Å². The molecule has 0 aromatic heterocycles. The van der Waals surface area contributed by atoms with Gasteiger partial charge in [0.15, 0.2) is 0 Å². The number of hydrogen-bond acceptors (Lipinski definition) is 3. The van der Waals surface area contributed by atoms with E-state index in [1.807, 2.05) is 24.3 Å². The molecule has 1 aliphatic heterocycles. The highest BCUT2D eigenvalue weighted by Gasteiger charge is 2.32. The summed E-state index contributed by atoms with van der Waals surface area (Å²) in [6.07, 6.45) is 3.57. The van der Waals surface area contributed by atoms with Gasteiger partial charge in [-0.3, -0.25) is 0 Å². The minimum absolute atomic E-state index is 0.432. The van der Waals surface area contributed by atoms with Crippen molar-refractivity contribution in [3.05, 3.63) is 29.8 Å². The maximum Gasteiger partial charge on any atom is 0.119 e. The molecule has 1 aromatic rings. The van der Waals surface area contributed by atoms with Crippen LogP contribution in [0.5, 0.6) is 5.75 Å². The Labute approximate surface area is 95.4 Å². The van der Waals surface area contributed by atoms with E-state index in [1.165, 1.54) is 12.8 Å². The molecule has 2 fully saturated rings. The van der Waals surface area contributed by atoms with E-state index >= 15 is 0 Å². The van der Waals surface area contributed by atoms with Gasteiger partial charge in [-0.15, -0.1) is 0 Å². The van der Waals surface area contributed by atoms with Crippen LogP contribution in [-0.4, -0.2) is 24.3 Å². The fourth-order valence-corrected chi connectivity index (χ4v) is 2.15. The van der Waals surface area contributed by atoms with Crippen molar-refractivity contribution in [1.29, 1.82) is 0 Å². The number of benzene rings is 1. The first-order valence-electron chi connectivity index (χ1n) is 5.97. The molecule has 0 spiro atoms. The van der Waals surface area contributed by atoms with Crippen LogP contribution in [0.25, 0.3) is 0 Å². The van der Waals surface area contributed by atoms with Crippen molar-refractivity contribution in [2.75, 3.05) is 13.1 Å². The van der Waals surface area contributed by atoms with Crippen molar-refractivity contribution in [1.82, 2.24) is 5.32 Å². The van der Waals surface area contributed by atoms with Crippen LogP contribution in [0.2, 0.25) is 0 Å². The minimum atomic E-state index is -0.682. The molecule has 1 heterocycles. The molecule has 1 aliphatic carbocycles. The Morgan fingerprint density at radius 2 is 2.00 bits per heavy atom. The first-order valence-corrected chi connectivity index (χ1v) is 5.97. The minimum Gasteiger partial charge on any atom is -0.490 e. The zero-order valence-corrected chi connectivity index (χ0v) is 9.28. The SMILES string of the molecule is OC1(c2ccc(OC3CC3)cc2)CCNC1. The molecular formula is C13H17NO2. The van der Waals surface area contributed by atoms with Gasteiger partial charge in [-0.1, -0.05) is 12.1 Å². The summed E-state index contributed by atoms with van der Waals surface area (Å²) in [4.78, 5) is 0. The van der Waals surface area contributed by atoms with Gasteiger partial charge < -0.3 is 15.2 Å². The van der Waals surface area contributed by atoms with Crippen molar-refractivity contribution in [2.45, 2.75) is 31.0 Å². The van der Waals surface area contributed by atoms with Crippen LogP contribution in [0.3, 0.4) is 0 Å². The van der Waals surface area contributed by atoms with Gasteiger partial charge in [0.2, 0.25) is 0 Å². The summed E-state index contributed by atoms with van der Waals surface area (Å²) in [6.45, 7) is 1.53. The molecule has 1 atom stereocenters. The fourth-order valence-electron chi connectivity index (χ4n) is 2.15. The van der Waals surface area contributed by atoms with E-state index < -0.39 is 5.60 Å². The zero-order chi connectivity index (χ0) is 11.0. The number of hydrogen-bond donors (Lipinski definition) is 2. The standard InChI is InChI=1S/C13H17NO2/c15-13(7-8-14-9-13)10-1-3-11(4-2-10)16-12-5-6-12/h1-4,12,14-15H,5-9H2. The van der Waals surface area contributed by atoms with Gasteiger partial charge in [-0.2, -0.15) is 0 Å². The van der Waals surface area contributed by atoms with Crippen molar-refractivity contribution >= 4 is 0 Å². The lowest BCUT2D eigenvalue weighted by molar-refractivity contribution is 0.0587. The quantitative estimate of drug-likeness (QED) is 0.807. The maximum atomic E-state index is 10.3. The summed E-state index contributed by atoms with van der Waals surface area (Å²) in [5, 5.41) is 13.5. The number of nitrogens with one attached hydrogen (secondary N) is 1. The summed E-state index contributed by atoms with van der Waals surface area (Å²) in [7, 11) is 0. The summed E-state index contributed by atoms with van der Waals surface area (Å²) < 4.78 is 5.68. The van der Waals surface area contributed by atoms with Crippen LogP contribution in [0.15, 0.2) is 24.3 Å². The molecule has 1 aromatic carbocycles. The molecule has 1 saturated carbocycles. The largest absolute Gasteiger partial charge is 0.490 e.